The topological polar surface area (TPSA) is 235 Å². The highest BCUT2D eigenvalue weighted by Gasteiger charge is 2.46. The maximum atomic E-state index is 16.1. The van der Waals surface area contributed by atoms with E-state index < -0.39 is 82.9 Å². The first-order valence-electron chi connectivity index (χ1n) is 32.0. The lowest BCUT2D eigenvalue weighted by molar-refractivity contribution is -0.162. The quantitative estimate of drug-likeness (QED) is 0.0346. The van der Waals surface area contributed by atoms with Crippen LogP contribution in [0.1, 0.15) is 174 Å². The lowest BCUT2D eigenvalue weighted by atomic mass is 9.81. The number of ether oxygens (including phenoxy) is 5. The fraction of sp³-hybridized carbons (Fsp3) is 0.643. The van der Waals surface area contributed by atoms with Gasteiger partial charge in [-0.1, -0.05) is 84.9 Å². The second-order valence-corrected chi connectivity index (χ2v) is 31.8. The SMILES string of the molecule is CC(C)(C)OC(=O)CN(CCN(CCN(CC(=O)OC(C)(C)C)CC(=O)OC(C)(C)C)C(CCC(=O)NC[C@H]1CC[C@H](C(=O)N[C@@H](Cc2ccc(-c3ccccc3)cc2)C(=O)OCc2ccccc2)CC1)P(=O)(OC(C)(C)C)OC(C)(C)C)CC(=O)OC(C)(C)C. The summed E-state index contributed by atoms with van der Waals surface area (Å²) >= 11 is 0. The summed E-state index contributed by atoms with van der Waals surface area (Å²) in [6.45, 7) is 30.4. The van der Waals surface area contributed by atoms with Gasteiger partial charge < -0.3 is 43.4 Å². The summed E-state index contributed by atoms with van der Waals surface area (Å²) < 4.78 is 57.8. The largest absolute Gasteiger partial charge is 0.459 e. The Bertz CT molecular complexity index is 2710. The molecule has 0 heterocycles. The van der Waals surface area contributed by atoms with Crippen LogP contribution in [-0.2, 0) is 83.9 Å². The van der Waals surface area contributed by atoms with E-state index in [2.05, 4.69) is 10.6 Å². The number of nitrogens with one attached hydrogen (secondary N) is 2. The smallest absolute Gasteiger partial charge is 0.348 e. The maximum absolute atomic E-state index is 16.1. The number of esters is 5. The van der Waals surface area contributed by atoms with Crippen LogP contribution in [0.4, 0.5) is 0 Å². The van der Waals surface area contributed by atoms with Gasteiger partial charge in [0.15, 0.2) is 0 Å². The number of nitrogens with zero attached hydrogens (tertiary/aromatic N) is 3. The van der Waals surface area contributed by atoms with E-state index in [-0.39, 0.29) is 102 Å². The molecule has 508 valence electrons. The second-order valence-electron chi connectivity index (χ2n) is 29.7. The molecule has 1 unspecified atom stereocenters. The van der Waals surface area contributed by atoms with Gasteiger partial charge in [-0.15, -0.1) is 0 Å². The molecule has 21 heteroatoms. The van der Waals surface area contributed by atoms with Crippen LogP contribution in [0.5, 0.6) is 0 Å². The first kappa shape index (κ1) is 77.4. The molecule has 2 amide bonds. The van der Waals surface area contributed by atoms with E-state index in [1.54, 1.807) is 139 Å². The molecule has 2 N–H and O–H groups in total. The van der Waals surface area contributed by atoms with Crippen LogP contribution in [0.2, 0.25) is 0 Å². The summed E-state index contributed by atoms with van der Waals surface area (Å²) in [5.74, 6) is -5.06. The molecule has 1 saturated carbocycles. The monoisotopic (exact) mass is 1290 g/mol. The zero-order chi connectivity index (χ0) is 68.2. The van der Waals surface area contributed by atoms with Crippen molar-refractivity contribution in [2.24, 2.45) is 11.8 Å². The van der Waals surface area contributed by atoms with Gasteiger partial charge in [0.05, 0.1) is 37.4 Å². The fourth-order valence-electron chi connectivity index (χ4n) is 10.3. The van der Waals surface area contributed by atoms with Crippen molar-refractivity contribution in [2.75, 3.05) is 58.9 Å². The fourth-order valence-corrected chi connectivity index (χ4v) is 13.2. The van der Waals surface area contributed by atoms with Gasteiger partial charge in [-0.25, -0.2) is 4.79 Å². The predicted octanol–water partition coefficient (Wildman–Crippen LogP) is 11.2. The van der Waals surface area contributed by atoms with Gasteiger partial charge in [0.25, 0.3) is 0 Å². The number of hydrogen-bond donors (Lipinski definition) is 2. The van der Waals surface area contributed by atoms with Crippen LogP contribution >= 0.6 is 7.60 Å². The van der Waals surface area contributed by atoms with E-state index >= 15 is 4.57 Å². The van der Waals surface area contributed by atoms with Crippen molar-refractivity contribution in [1.29, 1.82) is 0 Å². The molecule has 3 aromatic rings. The zero-order valence-corrected chi connectivity index (χ0v) is 58.7. The average Bonchev–Trinajstić information content (AvgIpc) is 0.833. The molecule has 1 aliphatic rings. The summed E-state index contributed by atoms with van der Waals surface area (Å²) in [6.07, 6.45) is 2.30. The van der Waals surface area contributed by atoms with Gasteiger partial charge in [-0.2, -0.15) is 0 Å². The summed E-state index contributed by atoms with van der Waals surface area (Å²) in [5, 5.41) is 6.14. The Hall–Kier alpha value is -6.02. The molecule has 0 radical (unpaired) electrons. The third-order valence-electron chi connectivity index (χ3n) is 13.8. The number of rotatable bonds is 31. The first-order chi connectivity index (χ1) is 42.0. The number of benzene rings is 3. The Kier molecular flexibility index (Phi) is 29.1. The highest BCUT2D eigenvalue weighted by Crippen LogP contribution is 2.60. The molecule has 0 aliphatic heterocycles. The molecule has 1 fully saturated rings. The Morgan fingerprint density at radius 3 is 1.32 bits per heavy atom. The number of carbonyl (C=O) groups excluding carboxylic acids is 7. The van der Waals surface area contributed by atoms with Crippen molar-refractivity contribution in [3.8, 4) is 11.1 Å². The average molecular weight is 1290 g/mol. The number of carbonyl (C=O) groups is 7. The molecule has 0 aromatic heterocycles. The van der Waals surface area contributed by atoms with Crippen LogP contribution < -0.4 is 10.6 Å². The minimum absolute atomic E-state index is 0.00692. The molecule has 20 nitrogen and oxygen atoms in total. The lowest BCUT2D eigenvalue weighted by Crippen LogP contribution is -2.49. The van der Waals surface area contributed by atoms with Crippen molar-refractivity contribution in [1.82, 2.24) is 25.3 Å². The summed E-state index contributed by atoms with van der Waals surface area (Å²) in [4.78, 5) is 101. The Morgan fingerprint density at radius 1 is 0.505 bits per heavy atom. The summed E-state index contributed by atoms with van der Waals surface area (Å²) in [5.41, 5.74) is -1.72. The van der Waals surface area contributed by atoms with E-state index in [9.17, 15) is 33.6 Å². The van der Waals surface area contributed by atoms with Gasteiger partial charge in [0.2, 0.25) is 11.8 Å². The van der Waals surface area contributed by atoms with Gasteiger partial charge in [0.1, 0.15) is 40.8 Å². The molecule has 0 saturated heterocycles. The highest BCUT2D eigenvalue weighted by molar-refractivity contribution is 7.54. The van der Waals surface area contributed by atoms with E-state index in [0.29, 0.717) is 32.2 Å². The van der Waals surface area contributed by atoms with Crippen LogP contribution in [0.15, 0.2) is 84.9 Å². The minimum atomic E-state index is -4.38. The Morgan fingerprint density at radius 2 is 0.912 bits per heavy atom. The molecule has 91 heavy (non-hydrogen) atoms. The van der Waals surface area contributed by atoms with E-state index in [1.807, 2.05) is 84.9 Å². The Balaban J connectivity index is 1.62. The van der Waals surface area contributed by atoms with Gasteiger partial charge >= 0.3 is 37.4 Å². The molecule has 2 atom stereocenters. The predicted molar refractivity (Wildman–Crippen MR) is 352 cm³/mol. The van der Waals surface area contributed by atoms with Crippen molar-refractivity contribution in [2.45, 2.75) is 222 Å². The standard InChI is InChI=1S/C70H108N5O15P/c1-65(2,3)85-59(77)45-73(46-60(78)86-66(4,5)6)39-41-75(42-40-74(47-61(79)87-67(7,8)9)48-62(80)88-68(10,11)12)58(91(83,89-69(13,14)15)90-70(16,17)18)38-37-57(76)71-44-51-31-35-55(36-32-51)63(81)72-56(64(82)84-49-52-25-21-19-22-26-52)43-50-29-33-54(34-30-50)53-27-23-20-24-28-53/h19-30,33-34,51,55-56,58H,31-32,35-49H2,1-18H3,(H,71,76)(H,72,81)/t51-,55-,56-,58?/m0/s1. The zero-order valence-electron chi connectivity index (χ0n) is 57.8. The normalized spacial score (nSPS) is 16.0. The highest BCUT2D eigenvalue weighted by atomic mass is 31.2. The van der Waals surface area contributed by atoms with Crippen molar-refractivity contribution in [3.05, 3.63) is 96.1 Å². The van der Waals surface area contributed by atoms with Crippen LogP contribution in [0, 0.1) is 11.8 Å². The first-order valence-corrected chi connectivity index (χ1v) is 33.6. The molecule has 3 aromatic carbocycles. The molecule has 1 aliphatic carbocycles. The van der Waals surface area contributed by atoms with Crippen molar-refractivity contribution < 1.29 is 70.9 Å². The van der Waals surface area contributed by atoms with Gasteiger partial charge in [-0.05, 0) is 185 Å². The lowest BCUT2D eigenvalue weighted by Gasteiger charge is -2.42. The van der Waals surface area contributed by atoms with Crippen LogP contribution in [0.3, 0.4) is 0 Å². The maximum Gasteiger partial charge on any atom is 0.348 e. The third-order valence-corrected chi connectivity index (χ3v) is 16.8. The molecular formula is C70H108N5O15P. The molecule has 4 rings (SSSR count). The second kappa shape index (κ2) is 34.2. The van der Waals surface area contributed by atoms with E-state index in [4.69, 9.17) is 32.7 Å². The summed E-state index contributed by atoms with van der Waals surface area (Å²) in [6, 6.07) is 26.3. The minimum Gasteiger partial charge on any atom is -0.459 e. The van der Waals surface area contributed by atoms with Crippen LogP contribution in [-0.4, -0.2) is 161 Å². The van der Waals surface area contributed by atoms with Gasteiger partial charge in [-0.3, -0.25) is 48.0 Å². The van der Waals surface area contributed by atoms with Crippen molar-refractivity contribution in [3.63, 3.8) is 0 Å². The van der Waals surface area contributed by atoms with Gasteiger partial charge in [0, 0.05) is 51.5 Å². The Labute approximate surface area is 542 Å². The van der Waals surface area contributed by atoms with Crippen molar-refractivity contribution >= 4 is 49.3 Å². The molecular weight excluding hydrogens is 1180 g/mol. The van der Waals surface area contributed by atoms with E-state index in [1.165, 1.54) is 0 Å². The van der Waals surface area contributed by atoms with E-state index in [0.717, 1.165) is 22.3 Å². The molecule has 0 spiro atoms. The molecule has 0 bridgehead atoms. The number of amides is 2. The third kappa shape index (κ3) is 31.9. The number of hydrogen-bond acceptors (Lipinski definition) is 18. The summed E-state index contributed by atoms with van der Waals surface area (Å²) in [7, 11) is -4.38. The van der Waals surface area contributed by atoms with Crippen LogP contribution in [0.25, 0.3) is 11.1 Å².